The van der Waals surface area contributed by atoms with Crippen molar-refractivity contribution in [2.75, 3.05) is 4.72 Å². The number of nitrogens with zero attached hydrogens (tertiary/aromatic N) is 3. The highest BCUT2D eigenvalue weighted by molar-refractivity contribution is 7.94. The van der Waals surface area contributed by atoms with Crippen LogP contribution in [0.1, 0.15) is 17.4 Å². The molecule has 0 aromatic carbocycles. The van der Waals surface area contributed by atoms with Gasteiger partial charge in [0.15, 0.2) is 9.90 Å². The number of hydrogen-bond acceptors (Lipinski definition) is 6. The Labute approximate surface area is 112 Å². The molecule has 10 heteroatoms. The smallest absolute Gasteiger partial charge is 0.356 e. The number of carbonyl (C=O) groups is 1. The fraction of sp³-hybridized carbons (Fsp3) is 0.222. The average molecular weight is 302 g/mol. The van der Waals surface area contributed by atoms with Gasteiger partial charge in [-0.3, -0.25) is 9.40 Å². The number of sulfonamides is 1. The van der Waals surface area contributed by atoms with Crippen molar-refractivity contribution in [3.8, 4) is 0 Å². The van der Waals surface area contributed by atoms with Gasteiger partial charge in [-0.25, -0.2) is 18.2 Å². The molecule has 0 aliphatic heterocycles. The highest BCUT2D eigenvalue weighted by Crippen LogP contribution is 2.22. The molecule has 0 fully saturated rings. The Morgan fingerprint density at radius 3 is 2.89 bits per heavy atom. The van der Waals surface area contributed by atoms with Crippen molar-refractivity contribution in [2.45, 2.75) is 17.7 Å². The maximum absolute atomic E-state index is 12.0. The first-order valence-corrected chi connectivity index (χ1v) is 7.52. The molecule has 8 nitrogen and oxygen atoms in total. The minimum absolute atomic E-state index is 0.270. The van der Waals surface area contributed by atoms with E-state index in [4.69, 9.17) is 5.11 Å². The zero-order valence-electron chi connectivity index (χ0n) is 9.77. The highest BCUT2D eigenvalue weighted by atomic mass is 32.2. The monoisotopic (exact) mass is 302 g/mol. The molecule has 2 N–H and O–H groups in total. The van der Waals surface area contributed by atoms with Crippen LogP contribution >= 0.6 is 11.3 Å². The van der Waals surface area contributed by atoms with Gasteiger partial charge in [0.2, 0.25) is 0 Å². The van der Waals surface area contributed by atoms with E-state index >= 15 is 0 Å². The van der Waals surface area contributed by atoms with Gasteiger partial charge < -0.3 is 5.11 Å². The summed E-state index contributed by atoms with van der Waals surface area (Å²) < 4.78 is 27.6. The average Bonchev–Trinajstić information content (AvgIpc) is 2.95. The molecule has 2 rings (SSSR count). The van der Waals surface area contributed by atoms with Crippen LogP contribution in [-0.4, -0.2) is 34.3 Å². The summed E-state index contributed by atoms with van der Waals surface area (Å²) in [6.07, 6.45) is 2.86. The highest BCUT2D eigenvalue weighted by Gasteiger charge is 2.26. The van der Waals surface area contributed by atoms with Crippen molar-refractivity contribution in [2.24, 2.45) is 0 Å². The van der Waals surface area contributed by atoms with E-state index in [0.717, 1.165) is 11.3 Å². The summed E-state index contributed by atoms with van der Waals surface area (Å²) in [4.78, 5) is 14.4. The van der Waals surface area contributed by atoms with E-state index in [1.54, 1.807) is 4.68 Å². The van der Waals surface area contributed by atoms with Gasteiger partial charge in [0.1, 0.15) is 0 Å². The maximum Gasteiger partial charge on any atom is 0.356 e. The third kappa shape index (κ3) is 2.74. The lowest BCUT2D eigenvalue weighted by Gasteiger charge is -2.03. The van der Waals surface area contributed by atoms with Gasteiger partial charge >= 0.3 is 5.97 Å². The summed E-state index contributed by atoms with van der Waals surface area (Å²) in [7, 11) is -3.97. The molecule has 0 saturated heterocycles. The fourth-order valence-electron chi connectivity index (χ4n) is 1.36. The van der Waals surface area contributed by atoms with Crippen LogP contribution in [0.4, 0.5) is 5.69 Å². The summed E-state index contributed by atoms with van der Waals surface area (Å²) in [5, 5.41) is 12.8. The van der Waals surface area contributed by atoms with E-state index in [1.165, 1.54) is 17.9 Å². The Morgan fingerprint density at radius 2 is 2.32 bits per heavy atom. The van der Waals surface area contributed by atoms with Gasteiger partial charge in [0, 0.05) is 12.7 Å². The SMILES string of the molecule is CCn1cc(NS(=O)(=O)c2scnc2C(=O)O)cn1. The number of aryl methyl sites for hydroxylation is 1. The van der Waals surface area contributed by atoms with Crippen molar-refractivity contribution in [1.82, 2.24) is 14.8 Å². The molecule has 0 amide bonds. The second-order valence-electron chi connectivity index (χ2n) is 3.48. The second kappa shape index (κ2) is 4.97. The van der Waals surface area contributed by atoms with E-state index in [2.05, 4.69) is 14.8 Å². The predicted molar refractivity (Wildman–Crippen MR) is 67.8 cm³/mol. The summed E-state index contributed by atoms with van der Waals surface area (Å²) in [6, 6.07) is 0. The lowest BCUT2D eigenvalue weighted by Crippen LogP contribution is -2.15. The molecule has 0 radical (unpaired) electrons. The van der Waals surface area contributed by atoms with Gasteiger partial charge in [0.05, 0.1) is 17.4 Å². The van der Waals surface area contributed by atoms with E-state index in [-0.39, 0.29) is 9.90 Å². The predicted octanol–water partition coefficient (Wildman–Crippen LogP) is 0.859. The van der Waals surface area contributed by atoms with Gasteiger partial charge in [-0.05, 0) is 6.92 Å². The molecule has 2 aromatic heterocycles. The molecule has 2 aromatic rings. The van der Waals surface area contributed by atoms with Crippen LogP contribution in [0.25, 0.3) is 0 Å². The normalized spacial score (nSPS) is 11.4. The standard InChI is InChI=1S/C9H10N4O4S2/c1-2-13-4-6(3-11-13)12-19(16,17)9-7(8(14)15)10-5-18-9/h3-5,12H,2H2,1H3,(H,14,15). The van der Waals surface area contributed by atoms with Gasteiger partial charge in [-0.1, -0.05) is 0 Å². The lowest BCUT2D eigenvalue weighted by molar-refractivity contribution is 0.0687. The molecular formula is C9H10N4O4S2. The summed E-state index contributed by atoms with van der Waals surface area (Å²) in [5.41, 5.74) is 0.958. The molecule has 0 atom stereocenters. The van der Waals surface area contributed by atoms with Crippen LogP contribution in [0.15, 0.2) is 22.1 Å². The van der Waals surface area contributed by atoms with Crippen molar-refractivity contribution >= 4 is 33.0 Å². The van der Waals surface area contributed by atoms with Crippen molar-refractivity contribution in [3.63, 3.8) is 0 Å². The third-order valence-corrected chi connectivity index (χ3v) is 4.94. The van der Waals surface area contributed by atoms with Gasteiger partial charge in [-0.2, -0.15) is 5.10 Å². The molecule has 0 aliphatic rings. The number of thiazole rings is 1. The number of rotatable bonds is 5. The van der Waals surface area contributed by atoms with Crippen molar-refractivity contribution in [3.05, 3.63) is 23.6 Å². The fourth-order valence-corrected chi connectivity index (χ4v) is 3.53. The molecule has 0 spiro atoms. The summed E-state index contributed by atoms with van der Waals surface area (Å²) in [5.74, 6) is -1.38. The Kier molecular flexibility index (Phi) is 3.53. The largest absolute Gasteiger partial charge is 0.476 e. The first-order valence-electron chi connectivity index (χ1n) is 5.16. The van der Waals surface area contributed by atoms with Gasteiger partial charge in [-0.15, -0.1) is 11.3 Å². The number of aromatic nitrogens is 3. The molecule has 0 unspecified atom stereocenters. The minimum atomic E-state index is -3.97. The van der Waals surface area contributed by atoms with Crippen molar-refractivity contribution < 1.29 is 18.3 Å². The number of carboxylic acid groups (broad SMARTS) is 1. The van der Waals surface area contributed by atoms with Crippen LogP contribution in [-0.2, 0) is 16.6 Å². The topological polar surface area (TPSA) is 114 Å². The molecule has 19 heavy (non-hydrogen) atoms. The second-order valence-corrected chi connectivity index (χ2v) is 6.22. The maximum atomic E-state index is 12.0. The summed E-state index contributed by atoms with van der Waals surface area (Å²) in [6.45, 7) is 2.46. The van der Waals surface area contributed by atoms with Crippen LogP contribution in [0.3, 0.4) is 0 Å². The Bertz CT molecular complexity index is 703. The zero-order chi connectivity index (χ0) is 14.0. The molecule has 0 saturated carbocycles. The van der Waals surface area contributed by atoms with E-state index in [0.29, 0.717) is 6.54 Å². The zero-order valence-corrected chi connectivity index (χ0v) is 11.4. The van der Waals surface area contributed by atoms with Crippen LogP contribution < -0.4 is 4.72 Å². The first-order chi connectivity index (χ1) is 8.94. The lowest BCUT2D eigenvalue weighted by atomic mass is 10.5. The molecule has 0 bridgehead atoms. The number of nitrogens with one attached hydrogen (secondary N) is 1. The van der Waals surface area contributed by atoms with Crippen LogP contribution in [0, 0.1) is 0 Å². The molecular weight excluding hydrogens is 292 g/mol. The number of hydrogen-bond donors (Lipinski definition) is 2. The molecule has 2 heterocycles. The van der Waals surface area contributed by atoms with Crippen LogP contribution in [0.5, 0.6) is 0 Å². The third-order valence-electron chi connectivity index (χ3n) is 2.19. The number of aromatic carboxylic acids is 1. The van der Waals surface area contributed by atoms with Crippen molar-refractivity contribution in [1.29, 1.82) is 0 Å². The van der Waals surface area contributed by atoms with Gasteiger partial charge in [0.25, 0.3) is 10.0 Å². The van der Waals surface area contributed by atoms with E-state index < -0.39 is 21.7 Å². The Morgan fingerprint density at radius 1 is 1.58 bits per heavy atom. The number of anilines is 1. The Hall–Kier alpha value is -1.94. The molecule has 102 valence electrons. The first kappa shape index (κ1) is 13.5. The van der Waals surface area contributed by atoms with Crippen LogP contribution in [0.2, 0.25) is 0 Å². The minimum Gasteiger partial charge on any atom is -0.476 e. The van der Waals surface area contributed by atoms with E-state index in [9.17, 15) is 13.2 Å². The number of carboxylic acids is 1. The summed E-state index contributed by atoms with van der Waals surface area (Å²) >= 11 is 0.747. The molecule has 0 aliphatic carbocycles. The Balaban J connectivity index is 2.32. The van der Waals surface area contributed by atoms with E-state index in [1.807, 2.05) is 6.92 Å². The quantitative estimate of drug-likeness (QED) is 0.846.